The summed E-state index contributed by atoms with van der Waals surface area (Å²) in [4.78, 5) is 34.4. The van der Waals surface area contributed by atoms with Crippen LogP contribution in [-0.2, 0) is 14.3 Å². The van der Waals surface area contributed by atoms with E-state index in [2.05, 4.69) is 22.5 Å². The molecule has 0 saturated heterocycles. The Bertz CT molecular complexity index is 579. The highest BCUT2D eigenvalue weighted by Crippen LogP contribution is 2.22. The number of halogens is 1. The first kappa shape index (κ1) is 17.1. The maximum absolute atomic E-state index is 12.0. The van der Waals surface area contributed by atoms with E-state index in [1.807, 2.05) is 0 Å². The second-order valence-electron chi connectivity index (χ2n) is 4.30. The molecule has 1 aromatic rings. The molecule has 0 radical (unpaired) electrons. The van der Waals surface area contributed by atoms with Crippen LogP contribution >= 0.6 is 15.9 Å². The Kier molecular flexibility index (Phi) is 6.30. The van der Waals surface area contributed by atoms with E-state index in [4.69, 9.17) is 9.47 Å². The summed E-state index contributed by atoms with van der Waals surface area (Å²) in [5.74, 6) is -1.29. The van der Waals surface area contributed by atoms with Crippen LogP contribution in [0.5, 0.6) is 5.75 Å². The van der Waals surface area contributed by atoms with E-state index in [0.29, 0.717) is 10.8 Å². The van der Waals surface area contributed by atoms with Crippen molar-refractivity contribution in [2.45, 2.75) is 26.4 Å². The molecule has 112 valence electrons. The van der Waals surface area contributed by atoms with E-state index in [1.54, 1.807) is 13.0 Å². The highest BCUT2D eigenvalue weighted by molar-refractivity contribution is 9.10. The molecule has 6 heteroatoms. The molecule has 0 saturated carbocycles. The summed E-state index contributed by atoms with van der Waals surface area (Å²) in [7, 11) is 0. The van der Waals surface area contributed by atoms with Gasteiger partial charge in [0.1, 0.15) is 5.75 Å². The molecule has 0 fully saturated rings. The average molecular weight is 355 g/mol. The van der Waals surface area contributed by atoms with Gasteiger partial charge in [0.25, 0.3) is 0 Å². The van der Waals surface area contributed by atoms with Crippen molar-refractivity contribution in [3.63, 3.8) is 0 Å². The zero-order chi connectivity index (χ0) is 16.0. The number of aldehydes is 1. The molecule has 0 spiro atoms. The third-order valence-corrected chi connectivity index (χ3v) is 3.03. The van der Waals surface area contributed by atoms with E-state index in [9.17, 15) is 14.4 Å². The summed E-state index contributed by atoms with van der Waals surface area (Å²) in [5.41, 5.74) is 0.414. The normalized spacial score (nSPS) is 11.4. The first-order valence-electron chi connectivity index (χ1n) is 6.22. The van der Waals surface area contributed by atoms with Gasteiger partial charge in [0.15, 0.2) is 12.4 Å². The summed E-state index contributed by atoms with van der Waals surface area (Å²) in [5, 5.41) is 0. The standard InChI is InChI=1S/C15H15BrO5/c1-4-12(20-14(18)9(2)3)15(19)21-13-6-5-11(16)7-10(13)8-17/h5-8,12H,2,4H2,1,3H3. The second-order valence-corrected chi connectivity index (χ2v) is 5.22. The Morgan fingerprint density at radius 2 is 2.10 bits per heavy atom. The smallest absolute Gasteiger partial charge is 0.352 e. The van der Waals surface area contributed by atoms with E-state index < -0.39 is 18.0 Å². The fourth-order valence-electron chi connectivity index (χ4n) is 1.41. The molecule has 0 aromatic heterocycles. The Morgan fingerprint density at radius 3 is 2.62 bits per heavy atom. The number of carbonyl (C=O) groups is 3. The van der Waals surface area contributed by atoms with Crippen molar-refractivity contribution in [1.82, 2.24) is 0 Å². The Labute approximate surface area is 131 Å². The SMILES string of the molecule is C=C(C)C(=O)OC(CC)C(=O)Oc1ccc(Br)cc1C=O. The number of hydrogen-bond donors (Lipinski definition) is 0. The third-order valence-electron chi connectivity index (χ3n) is 2.54. The number of esters is 2. The first-order valence-corrected chi connectivity index (χ1v) is 7.01. The van der Waals surface area contributed by atoms with Crippen LogP contribution in [0.2, 0.25) is 0 Å². The summed E-state index contributed by atoms with van der Waals surface area (Å²) >= 11 is 3.22. The first-order chi connectivity index (χ1) is 9.88. The molecular weight excluding hydrogens is 340 g/mol. The molecule has 1 aromatic carbocycles. The molecule has 0 amide bonds. The zero-order valence-electron chi connectivity index (χ0n) is 11.7. The largest absolute Gasteiger partial charge is 0.447 e. The number of carbonyl (C=O) groups excluding carboxylic acids is 3. The Hall–Kier alpha value is -1.95. The monoisotopic (exact) mass is 354 g/mol. The number of hydrogen-bond acceptors (Lipinski definition) is 5. The van der Waals surface area contributed by atoms with Gasteiger partial charge in [-0.3, -0.25) is 4.79 Å². The van der Waals surface area contributed by atoms with Gasteiger partial charge in [-0.05, 0) is 31.5 Å². The predicted molar refractivity (Wildman–Crippen MR) is 80.1 cm³/mol. The van der Waals surface area contributed by atoms with Crippen molar-refractivity contribution >= 4 is 34.2 Å². The number of ether oxygens (including phenoxy) is 2. The molecule has 0 bridgehead atoms. The Morgan fingerprint density at radius 1 is 1.43 bits per heavy atom. The minimum absolute atomic E-state index is 0.114. The molecule has 5 nitrogen and oxygen atoms in total. The lowest BCUT2D eigenvalue weighted by molar-refractivity contribution is -0.159. The van der Waals surface area contributed by atoms with Gasteiger partial charge < -0.3 is 9.47 Å². The van der Waals surface area contributed by atoms with E-state index in [1.165, 1.54) is 19.1 Å². The molecule has 1 rings (SSSR count). The van der Waals surface area contributed by atoms with E-state index in [-0.39, 0.29) is 23.3 Å². The Balaban J connectivity index is 2.85. The molecule has 0 aliphatic heterocycles. The van der Waals surface area contributed by atoms with Crippen molar-refractivity contribution in [1.29, 1.82) is 0 Å². The maximum atomic E-state index is 12.0. The average Bonchev–Trinajstić information content (AvgIpc) is 2.45. The van der Waals surface area contributed by atoms with E-state index >= 15 is 0 Å². The maximum Gasteiger partial charge on any atom is 0.352 e. The van der Waals surface area contributed by atoms with Gasteiger partial charge in [-0.15, -0.1) is 0 Å². The van der Waals surface area contributed by atoms with Crippen LogP contribution < -0.4 is 4.74 Å². The number of benzene rings is 1. The van der Waals surface area contributed by atoms with Crippen LogP contribution in [0.4, 0.5) is 0 Å². The second kappa shape index (κ2) is 7.73. The highest BCUT2D eigenvalue weighted by atomic mass is 79.9. The predicted octanol–water partition coefficient (Wildman–Crippen LogP) is 3.06. The van der Waals surface area contributed by atoms with Crippen molar-refractivity contribution in [3.8, 4) is 5.75 Å². The third kappa shape index (κ3) is 4.82. The topological polar surface area (TPSA) is 69.7 Å². The molecule has 0 aliphatic carbocycles. The van der Waals surface area contributed by atoms with Crippen LogP contribution in [0.15, 0.2) is 34.8 Å². The lowest BCUT2D eigenvalue weighted by Crippen LogP contribution is -2.31. The molecule has 0 N–H and O–H groups in total. The van der Waals surface area contributed by atoms with Gasteiger partial charge in [-0.2, -0.15) is 0 Å². The quantitative estimate of drug-likeness (QED) is 0.340. The van der Waals surface area contributed by atoms with E-state index in [0.717, 1.165) is 0 Å². The van der Waals surface area contributed by atoms with Gasteiger partial charge in [0.05, 0.1) is 5.56 Å². The number of rotatable bonds is 6. The van der Waals surface area contributed by atoms with Crippen molar-refractivity contribution < 1.29 is 23.9 Å². The molecule has 1 unspecified atom stereocenters. The van der Waals surface area contributed by atoms with Gasteiger partial charge in [-0.25, -0.2) is 9.59 Å². The van der Waals surface area contributed by atoms with Crippen LogP contribution in [-0.4, -0.2) is 24.3 Å². The minimum Gasteiger partial charge on any atom is -0.447 e. The minimum atomic E-state index is -1.04. The molecular formula is C15H15BrO5. The van der Waals surface area contributed by atoms with Gasteiger partial charge in [0.2, 0.25) is 0 Å². The van der Waals surface area contributed by atoms with Crippen LogP contribution in [0.1, 0.15) is 30.6 Å². The zero-order valence-corrected chi connectivity index (χ0v) is 13.3. The molecule has 0 aliphatic rings. The van der Waals surface area contributed by atoms with Gasteiger partial charge in [-0.1, -0.05) is 29.4 Å². The van der Waals surface area contributed by atoms with Crippen molar-refractivity contribution in [2.24, 2.45) is 0 Å². The van der Waals surface area contributed by atoms with Gasteiger partial charge >= 0.3 is 11.9 Å². The summed E-state index contributed by atoms with van der Waals surface area (Å²) in [6, 6.07) is 4.64. The molecule has 1 atom stereocenters. The van der Waals surface area contributed by atoms with Crippen LogP contribution in [0, 0.1) is 0 Å². The fourth-order valence-corrected chi connectivity index (χ4v) is 1.79. The molecule has 21 heavy (non-hydrogen) atoms. The lowest BCUT2D eigenvalue weighted by atomic mass is 10.2. The summed E-state index contributed by atoms with van der Waals surface area (Å²) in [6.45, 7) is 6.61. The lowest BCUT2D eigenvalue weighted by Gasteiger charge is -2.15. The van der Waals surface area contributed by atoms with Gasteiger partial charge in [0, 0.05) is 10.0 Å². The summed E-state index contributed by atoms with van der Waals surface area (Å²) < 4.78 is 10.8. The highest BCUT2D eigenvalue weighted by Gasteiger charge is 2.24. The van der Waals surface area contributed by atoms with Crippen molar-refractivity contribution in [3.05, 3.63) is 40.4 Å². The van der Waals surface area contributed by atoms with Crippen molar-refractivity contribution in [2.75, 3.05) is 0 Å². The summed E-state index contributed by atoms with van der Waals surface area (Å²) in [6.07, 6.45) is -0.212. The fraction of sp³-hybridized carbons (Fsp3) is 0.267. The molecule has 0 heterocycles. The van der Waals surface area contributed by atoms with Crippen LogP contribution in [0.3, 0.4) is 0 Å². The van der Waals surface area contributed by atoms with Crippen LogP contribution in [0.25, 0.3) is 0 Å².